The Bertz CT molecular complexity index is 2510. The van der Waals surface area contributed by atoms with Gasteiger partial charge in [-0.3, -0.25) is 18.7 Å². The van der Waals surface area contributed by atoms with Crippen LogP contribution in [0.25, 0.3) is 11.4 Å². The molecule has 0 atom stereocenters. The Morgan fingerprint density at radius 2 is 1.03 bits per heavy atom. The first-order chi connectivity index (χ1) is 27.7. The summed E-state index contributed by atoms with van der Waals surface area (Å²) >= 11 is 0. The van der Waals surface area contributed by atoms with E-state index in [1.54, 1.807) is 70.7 Å². The highest BCUT2D eigenvalue weighted by molar-refractivity contribution is 7.88. The predicted molar refractivity (Wildman–Crippen MR) is 216 cm³/mol. The van der Waals surface area contributed by atoms with Crippen molar-refractivity contribution in [3.05, 3.63) is 104 Å². The number of anilines is 2. The Labute approximate surface area is 336 Å². The second-order valence-corrected chi connectivity index (χ2v) is 17.6. The summed E-state index contributed by atoms with van der Waals surface area (Å²) in [6.45, 7) is 2.57. The van der Waals surface area contributed by atoms with Crippen molar-refractivity contribution in [2.45, 2.75) is 25.7 Å². The van der Waals surface area contributed by atoms with Crippen LogP contribution in [0.1, 0.15) is 35.4 Å². The van der Waals surface area contributed by atoms with Crippen molar-refractivity contribution in [3.8, 4) is 23.5 Å². The van der Waals surface area contributed by atoms with E-state index >= 15 is 0 Å². The van der Waals surface area contributed by atoms with Crippen LogP contribution in [0.2, 0.25) is 0 Å². The third-order valence-electron chi connectivity index (χ3n) is 9.55. The molecule has 2 aliphatic rings. The number of sulfonamides is 2. The third kappa shape index (κ3) is 10.8. The van der Waals surface area contributed by atoms with Gasteiger partial charge in [-0.15, -0.1) is 0 Å². The van der Waals surface area contributed by atoms with Crippen molar-refractivity contribution in [1.82, 2.24) is 27.7 Å². The van der Waals surface area contributed by atoms with Gasteiger partial charge in [0.25, 0.3) is 11.1 Å². The summed E-state index contributed by atoms with van der Waals surface area (Å²) in [6.07, 6.45) is 8.06. The lowest BCUT2D eigenvalue weighted by molar-refractivity contribution is -0.107. The topological polar surface area (TPSA) is 236 Å². The molecule has 2 fully saturated rings. The minimum Gasteiger partial charge on any atom is -0.396 e. The second kappa shape index (κ2) is 19.1. The molecule has 58 heavy (non-hydrogen) atoms. The fourth-order valence-corrected chi connectivity index (χ4v) is 8.07. The number of nitrogens with zero attached hydrogens (tertiary/aromatic N) is 10. The molecular weight excluding hydrogens is 789 g/mol. The van der Waals surface area contributed by atoms with Crippen LogP contribution in [0.4, 0.5) is 11.6 Å². The minimum absolute atomic E-state index is 0.0139. The van der Waals surface area contributed by atoms with Gasteiger partial charge >= 0.3 is 0 Å². The van der Waals surface area contributed by atoms with E-state index in [2.05, 4.69) is 9.97 Å². The maximum atomic E-state index is 13.1. The molecule has 2 aliphatic heterocycles. The molecule has 4 aromatic rings. The number of aromatic nitrogens is 4. The van der Waals surface area contributed by atoms with E-state index in [9.17, 15) is 31.2 Å². The molecule has 2 aromatic heterocycles. The van der Waals surface area contributed by atoms with Crippen LogP contribution in [-0.2, 0) is 37.7 Å². The van der Waals surface area contributed by atoms with Crippen molar-refractivity contribution in [2.24, 2.45) is 0 Å². The lowest BCUT2D eigenvalue weighted by atomic mass is 10.2. The fraction of sp³-hybridized carbons (Fsp3) is 0.395. The van der Waals surface area contributed by atoms with Gasteiger partial charge < -0.3 is 19.7 Å². The maximum absolute atomic E-state index is 13.1. The van der Waals surface area contributed by atoms with Crippen molar-refractivity contribution in [1.29, 1.82) is 10.5 Å². The molecule has 2 aromatic carbocycles. The molecule has 0 unspecified atom stereocenters. The molecule has 4 heterocycles. The molecule has 20 heteroatoms. The molecule has 0 aliphatic carbocycles. The molecule has 0 bridgehead atoms. The number of carbonyl (C=O) groups excluding carboxylic acids is 1. The van der Waals surface area contributed by atoms with Gasteiger partial charge in [0.15, 0.2) is 11.6 Å². The number of aliphatic hydroxyl groups is 1. The van der Waals surface area contributed by atoms with Gasteiger partial charge in [-0.1, -0.05) is 0 Å². The predicted octanol–water partition coefficient (Wildman–Crippen LogP) is 0.428. The molecule has 0 spiro atoms. The molecule has 0 amide bonds. The number of nitriles is 2. The highest BCUT2D eigenvalue weighted by Crippen LogP contribution is 2.18. The summed E-state index contributed by atoms with van der Waals surface area (Å²) in [5, 5.41) is 27.1. The number of aliphatic hydroxyl groups excluding tert-OH is 1. The monoisotopic (exact) mass is 832 g/mol. The lowest BCUT2D eigenvalue weighted by Gasteiger charge is -2.33. The molecule has 0 radical (unpaired) electrons. The smallest absolute Gasteiger partial charge is 0.298 e. The zero-order valence-electron chi connectivity index (χ0n) is 32.1. The molecule has 18 nitrogen and oxygen atoms in total. The third-order valence-corrected chi connectivity index (χ3v) is 12.2. The number of piperazine rings is 2. The quantitative estimate of drug-likeness (QED) is 0.191. The summed E-state index contributed by atoms with van der Waals surface area (Å²) in [5.41, 5.74) is 2.76. The largest absolute Gasteiger partial charge is 0.396 e. The average Bonchev–Trinajstić information content (AvgIpc) is 3.22. The van der Waals surface area contributed by atoms with Gasteiger partial charge in [0.05, 0.1) is 47.2 Å². The summed E-state index contributed by atoms with van der Waals surface area (Å²) < 4.78 is 52.6. The Morgan fingerprint density at radius 3 is 1.36 bits per heavy atom. The van der Waals surface area contributed by atoms with Gasteiger partial charge in [-0.2, -0.15) is 19.1 Å². The van der Waals surface area contributed by atoms with Crippen LogP contribution in [0, 0.1) is 22.7 Å². The zero-order chi connectivity index (χ0) is 42.0. The maximum Gasteiger partial charge on any atom is 0.298 e. The molecule has 2 saturated heterocycles. The van der Waals surface area contributed by atoms with Crippen LogP contribution in [0.5, 0.6) is 0 Å². The van der Waals surface area contributed by atoms with Gasteiger partial charge in [-0.25, -0.2) is 26.8 Å². The standard InChI is InChI=1S/C19H23N5O4S.C19H21N5O4S/c2*1-29(27,28)23-10-8-22(9-11-23)18-19(26)24(14-16(21-18)3-2-12-25)17-6-4-15(13-20)5-7-17/h4-7,14,25H,2-3,8-12H2,1H3;4-7,12,14H,2-3,8-11H2,1H3. The van der Waals surface area contributed by atoms with E-state index in [4.69, 9.17) is 15.6 Å². The molecular formula is C38H44N10O8S2. The second-order valence-electron chi connectivity index (χ2n) is 13.6. The van der Waals surface area contributed by atoms with Gasteiger partial charge in [-0.05, 0) is 67.8 Å². The van der Waals surface area contributed by atoms with E-state index in [0.717, 1.165) is 6.29 Å². The van der Waals surface area contributed by atoms with Crippen molar-refractivity contribution in [3.63, 3.8) is 0 Å². The van der Waals surface area contributed by atoms with Crippen LogP contribution in [0.15, 0.2) is 70.5 Å². The number of benzene rings is 2. The van der Waals surface area contributed by atoms with E-state index < -0.39 is 20.0 Å². The average molecular weight is 833 g/mol. The van der Waals surface area contributed by atoms with Gasteiger partial charge in [0.1, 0.15) is 6.29 Å². The number of aryl methyl sites for hydroxylation is 2. The van der Waals surface area contributed by atoms with Crippen molar-refractivity contribution >= 4 is 38.0 Å². The Hall–Kier alpha value is -5.77. The first-order valence-corrected chi connectivity index (χ1v) is 22.1. The fourth-order valence-electron chi connectivity index (χ4n) is 6.42. The highest BCUT2D eigenvalue weighted by atomic mass is 32.2. The first kappa shape index (κ1) is 43.4. The SMILES string of the molecule is CS(=O)(=O)N1CCN(c2nc(CCC=O)cn(-c3ccc(C#N)cc3)c2=O)CC1.CS(=O)(=O)N1CCN(c2nc(CCCO)cn(-c3ccc(C#N)cc3)c2=O)CC1. The summed E-state index contributed by atoms with van der Waals surface area (Å²) in [5.74, 6) is 0.490. The summed E-state index contributed by atoms with van der Waals surface area (Å²) in [4.78, 5) is 49.6. The van der Waals surface area contributed by atoms with E-state index in [1.165, 1.54) is 30.3 Å². The van der Waals surface area contributed by atoms with E-state index in [1.807, 2.05) is 12.1 Å². The molecule has 306 valence electrons. The Morgan fingerprint density at radius 1 is 0.655 bits per heavy atom. The number of hydrogen-bond acceptors (Lipinski definition) is 14. The normalized spacial score (nSPS) is 15.2. The van der Waals surface area contributed by atoms with Crippen LogP contribution >= 0.6 is 0 Å². The van der Waals surface area contributed by atoms with E-state index in [-0.39, 0.29) is 62.0 Å². The van der Waals surface area contributed by atoms with Crippen LogP contribution in [-0.4, -0.2) is 127 Å². The molecule has 1 N–H and O–H groups in total. The first-order valence-electron chi connectivity index (χ1n) is 18.4. The zero-order valence-corrected chi connectivity index (χ0v) is 33.8. The number of rotatable bonds is 12. The van der Waals surface area contributed by atoms with Crippen molar-refractivity contribution < 1.29 is 26.7 Å². The number of hydrogen-bond donors (Lipinski definition) is 1. The van der Waals surface area contributed by atoms with Crippen LogP contribution < -0.4 is 20.9 Å². The lowest BCUT2D eigenvalue weighted by Crippen LogP contribution is -2.50. The Kier molecular flexibility index (Phi) is 14.3. The van der Waals surface area contributed by atoms with Crippen LogP contribution in [0.3, 0.4) is 0 Å². The highest BCUT2D eigenvalue weighted by Gasteiger charge is 2.28. The summed E-state index contributed by atoms with van der Waals surface area (Å²) in [7, 11) is -6.55. The summed E-state index contributed by atoms with van der Waals surface area (Å²) in [6, 6.07) is 17.4. The van der Waals surface area contributed by atoms with Crippen molar-refractivity contribution in [2.75, 3.05) is 81.3 Å². The molecule has 6 rings (SSSR count). The molecule has 0 saturated carbocycles. The van der Waals surface area contributed by atoms with Gasteiger partial charge in [0.2, 0.25) is 20.0 Å². The number of aldehydes is 1. The van der Waals surface area contributed by atoms with E-state index in [0.29, 0.717) is 79.3 Å². The minimum atomic E-state index is -3.28. The Balaban J connectivity index is 0.000000221. The number of carbonyl (C=O) groups is 1. The van der Waals surface area contributed by atoms with Gasteiger partial charge in [0, 0.05) is 89.2 Å².